The molecule has 1 aromatic heterocycles. The molecule has 0 saturated carbocycles. The first-order chi connectivity index (χ1) is 14.5. The van der Waals surface area contributed by atoms with Crippen molar-refractivity contribution in [2.24, 2.45) is 5.10 Å². The van der Waals surface area contributed by atoms with Crippen molar-refractivity contribution in [2.45, 2.75) is 6.61 Å². The van der Waals surface area contributed by atoms with E-state index in [1.165, 1.54) is 12.1 Å². The largest absolute Gasteiger partial charge is 0.493 e. The second kappa shape index (κ2) is 10.0. The molecule has 1 N–H and O–H groups in total. The van der Waals surface area contributed by atoms with E-state index in [9.17, 15) is 10.1 Å². The molecule has 30 heavy (non-hydrogen) atoms. The summed E-state index contributed by atoms with van der Waals surface area (Å²) in [5, 5.41) is 15.4. The van der Waals surface area contributed by atoms with Crippen molar-refractivity contribution in [1.82, 2.24) is 4.98 Å². The maximum absolute atomic E-state index is 10.7. The summed E-state index contributed by atoms with van der Waals surface area (Å²) in [5.41, 5.74) is 4.22. The minimum Gasteiger partial charge on any atom is -0.493 e. The Morgan fingerprint density at radius 2 is 2.07 bits per heavy atom. The van der Waals surface area contributed by atoms with Crippen LogP contribution in [0.25, 0.3) is 0 Å². The molecule has 0 atom stereocenters. The predicted molar refractivity (Wildman–Crippen MR) is 119 cm³/mol. The molecule has 10 heteroatoms. The first kappa shape index (κ1) is 21.5. The maximum atomic E-state index is 10.7. The van der Waals surface area contributed by atoms with Crippen molar-refractivity contribution in [2.75, 3.05) is 12.5 Å². The van der Waals surface area contributed by atoms with Crippen LogP contribution in [0.5, 0.6) is 11.5 Å². The van der Waals surface area contributed by atoms with Crippen LogP contribution in [0.15, 0.2) is 64.3 Å². The van der Waals surface area contributed by atoms with E-state index in [1.807, 2.05) is 18.2 Å². The highest BCUT2D eigenvalue weighted by atomic mass is 79.9. The fourth-order valence-corrected chi connectivity index (χ4v) is 3.04. The molecule has 0 bridgehead atoms. The van der Waals surface area contributed by atoms with E-state index in [4.69, 9.17) is 21.1 Å². The second-order valence-electron chi connectivity index (χ2n) is 5.93. The molecule has 0 aliphatic heterocycles. The van der Waals surface area contributed by atoms with Crippen LogP contribution >= 0.6 is 27.5 Å². The normalized spacial score (nSPS) is 10.8. The average Bonchev–Trinajstić information content (AvgIpc) is 2.74. The van der Waals surface area contributed by atoms with Gasteiger partial charge in [0.05, 0.1) is 18.2 Å². The number of pyridine rings is 1. The number of anilines is 1. The van der Waals surface area contributed by atoms with E-state index in [0.717, 1.165) is 21.8 Å². The van der Waals surface area contributed by atoms with E-state index < -0.39 is 4.92 Å². The quantitative estimate of drug-likeness (QED) is 0.256. The minimum absolute atomic E-state index is 0.0932. The Morgan fingerprint density at radius 1 is 1.27 bits per heavy atom. The highest BCUT2D eigenvalue weighted by Crippen LogP contribution is 2.34. The Bertz CT molecular complexity index is 1080. The van der Waals surface area contributed by atoms with Gasteiger partial charge in [-0.15, -0.1) is 0 Å². The second-order valence-corrected chi connectivity index (χ2v) is 7.19. The number of aromatic nitrogens is 1. The standard InChI is InChI=1S/C20H16BrClN4O4/c1-29-18-8-14(10-24-25-20-7-6-15(11-23-20)26(27)28)16(21)9-19(18)30-12-13-4-2-3-5-17(13)22/h2-11H,12H2,1H3,(H,23,25)/b24-10-. The van der Waals surface area contributed by atoms with Crippen molar-refractivity contribution < 1.29 is 14.4 Å². The van der Waals surface area contributed by atoms with Crippen LogP contribution in [0, 0.1) is 10.1 Å². The Balaban J connectivity index is 1.70. The van der Waals surface area contributed by atoms with Gasteiger partial charge in [0, 0.05) is 26.7 Å². The number of hydrazone groups is 1. The number of benzene rings is 2. The molecule has 8 nitrogen and oxygen atoms in total. The van der Waals surface area contributed by atoms with Gasteiger partial charge >= 0.3 is 0 Å². The van der Waals surface area contributed by atoms with Gasteiger partial charge in [0.1, 0.15) is 18.6 Å². The van der Waals surface area contributed by atoms with Crippen molar-refractivity contribution in [3.8, 4) is 11.5 Å². The van der Waals surface area contributed by atoms with Gasteiger partial charge in [0.2, 0.25) is 0 Å². The Morgan fingerprint density at radius 3 is 2.73 bits per heavy atom. The maximum Gasteiger partial charge on any atom is 0.287 e. The molecule has 0 unspecified atom stereocenters. The lowest BCUT2D eigenvalue weighted by Gasteiger charge is -2.13. The van der Waals surface area contributed by atoms with Crippen LogP contribution in [0.3, 0.4) is 0 Å². The van der Waals surface area contributed by atoms with Crippen molar-refractivity contribution in [3.05, 3.63) is 85.5 Å². The third-order valence-electron chi connectivity index (χ3n) is 3.97. The first-order valence-electron chi connectivity index (χ1n) is 8.61. The van der Waals surface area contributed by atoms with Crippen LogP contribution in [-0.2, 0) is 6.61 Å². The number of hydrogen-bond acceptors (Lipinski definition) is 7. The number of nitrogens with one attached hydrogen (secondary N) is 1. The van der Waals surface area contributed by atoms with Crippen LogP contribution in [-0.4, -0.2) is 23.2 Å². The molecular formula is C20H16BrClN4O4. The molecule has 0 amide bonds. The fourth-order valence-electron chi connectivity index (χ4n) is 2.42. The summed E-state index contributed by atoms with van der Waals surface area (Å²) < 4.78 is 12.0. The molecule has 0 saturated heterocycles. The van der Waals surface area contributed by atoms with Gasteiger partial charge in [-0.05, 0) is 40.2 Å². The fraction of sp³-hybridized carbons (Fsp3) is 0.100. The van der Waals surface area contributed by atoms with E-state index in [-0.39, 0.29) is 5.69 Å². The molecule has 3 rings (SSSR count). The number of hydrogen-bond donors (Lipinski definition) is 1. The monoisotopic (exact) mass is 490 g/mol. The number of nitrogens with zero attached hydrogens (tertiary/aromatic N) is 3. The van der Waals surface area contributed by atoms with Crippen LogP contribution in [0.2, 0.25) is 5.02 Å². The summed E-state index contributed by atoms with van der Waals surface area (Å²) in [7, 11) is 1.55. The number of rotatable bonds is 8. The molecule has 2 aromatic carbocycles. The van der Waals surface area contributed by atoms with Crippen LogP contribution < -0.4 is 14.9 Å². The molecule has 3 aromatic rings. The van der Waals surface area contributed by atoms with Gasteiger partial charge in [-0.3, -0.25) is 15.5 Å². The van der Waals surface area contributed by atoms with Gasteiger partial charge in [-0.1, -0.05) is 29.8 Å². The molecule has 1 heterocycles. The average molecular weight is 492 g/mol. The lowest BCUT2D eigenvalue weighted by atomic mass is 10.2. The third-order valence-corrected chi connectivity index (χ3v) is 5.02. The van der Waals surface area contributed by atoms with Crippen molar-refractivity contribution in [1.29, 1.82) is 0 Å². The zero-order valence-corrected chi connectivity index (χ0v) is 18.1. The zero-order valence-electron chi connectivity index (χ0n) is 15.7. The van der Waals surface area contributed by atoms with E-state index >= 15 is 0 Å². The summed E-state index contributed by atoms with van der Waals surface area (Å²) in [6.45, 7) is 0.295. The van der Waals surface area contributed by atoms with Gasteiger partial charge in [-0.2, -0.15) is 5.10 Å². The number of ether oxygens (including phenoxy) is 2. The van der Waals surface area contributed by atoms with Gasteiger partial charge in [-0.25, -0.2) is 4.98 Å². The molecule has 0 aliphatic rings. The number of halogens is 2. The molecule has 0 aliphatic carbocycles. The summed E-state index contributed by atoms with van der Waals surface area (Å²) in [4.78, 5) is 14.1. The van der Waals surface area contributed by atoms with Gasteiger partial charge in [0.25, 0.3) is 5.69 Å². The van der Waals surface area contributed by atoms with E-state index in [0.29, 0.717) is 28.9 Å². The van der Waals surface area contributed by atoms with Crippen molar-refractivity contribution >= 4 is 45.3 Å². The van der Waals surface area contributed by atoms with Crippen LogP contribution in [0.1, 0.15) is 11.1 Å². The SMILES string of the molecule is COc1cc(/C=N\Nc2ccc([N+](=O)[O-])cn2)c(Br)cc1OCc1ccccc1Cl. The van der Waals surface area contributed by atoms with Crippen molar-refractivity contribution in [3.63, 3.8) is 0 Å². The van der Waals surface area contributed by atoms with E-state index in [2.05, 4.69) is 31.4 Å². The molecular weight excluding hydrogens is 476 g/mol. The third kappa shape index (κ3) is 5.46. The number of nitro groups is 1. The van der Waals surface area contributed by atoms with E-state index in [1.54, 1.807) is 31.5 Å². The number of methoxy groups -OCH3 is 1. The Labute approximate surface area is 185 Å². The Kier molecular flexibility index (Phi) is 7.21. The molecule has 0 fully saturated rings. The summed E-state index contributed by atoms with van der Waals surface area (Å²) in [5.74, 6) is 1.45. The minimum atomic E-state index is -0.515. The van der Waals surface area contributed by atoms with Gasteiger partial charge < -0.3 is 9.47 Å². The first-order valence-corrected chi connectivity index (χ1v) is 9.78. The predicted octanol–water partition coefficient (Wildman–Crippen LogP) is 5.44. The highest BCUT2D eigenvalue weighted by molar-refractivity contribution is 9.10. The van der Waals surface area contributed by atoms with Gasteiger partial charge in [0.15, 0.2) is 11.5 Å². The zero-order chi connectivity index (χ0) is 21.5. The Hall–Kier alpha value is -3.17. The molecule has 154 valence electrons. The lowest BCUT2D eigenvalue weighted by Crippen LogP contribution is -2.00. The summed E-state index contributed by atoms with van der Waals surface area (Å²) in [6.07, 6.45) is 2.72. The molecule has 0 spiro atoms. The lowest BCUT2D eigenvalue weighted by molar-refractivity contribution is -0.385. The molecule has 0 radical (unpaired) electrons. The summed E-state index contributed by atoms with van der Waals surface area (Å²) >= 11 is 9.66. The highest BCUT2D eigenvalue weighted by Gasteiger charge is 2.11. The smallest absolute Gasteiger partial charge is 0.287 e. The van der Waals surface area contributed by atoms with Crippen LogP contribution in [0.4, 0.5) is 11.5 Å². The topological polar surface area (TPSA) is 98.9 Å². The summed E-state index contributed by atoms with van der Waals surface area (Å²) in [6, 6.07) is 13.8.